The van der Waals surface area contributed by atoms with Crippen LogP contribution in [0.1, 0.15) is 35.1 Å². The molecule has 2 aliphatic heterocycles. The van der Waals surface area contributed by atoms with E-state index >= 15 is 0 Å². The lowest BCUT2D eigenvalue weighted by Crippen LogP contribution is -2.45. The maximum atomic E-state index is 14.1. The van der Waals surface area contributed by atoms with Gasteiger partial charge in [-0.05, 0) is 19.4 Å². The number of carbonyl (C=O) groups excluding carboxylic acids is 2. The summed E-state index contributed by atoms with van der Waals surface area (Å²) in [5, 5.41) is 6.52. The van der Waals surface area contributed by atoms with Gasteiger partial charge in [0.2, 0.25) is 0 Å². The molecule has 4 rings (SSSR count). The van der Waals surface area contributed by atoms with Crippen LogP contribution in [0.25, 0.3) is 0 Å². The highest BCUT2D eigenvalue weighted by molar-refractivity contribution is 6.31. The summed E-state index contributed by atoms with van der Waals surface area (Å²) in [5.41, 5.74) is 1.02. The second-order valence-electron chi connectivity index (χ2n) is 7.85. The molecule has 0 radical (unpaired) electrons. The van der Waals surface area contributed by atoms with Crippen molar-refractivity contribution in [2.75, 3.05) is 18.4 Å². The molecule has 3 amide bonds. The van der Waals surface area contributed by atoms with Gasteiger partial charge in [-0.2, -0.15) is 5.10 Å². The van der Waals surface area contributed by atoms with E-state index in [4.69, 9.17) is 11.6 Å². The molecule has 0 bridgehead atoms. The highest BCUT2D eigenvalue weighted by Gasteiger charge is 2.36. The first-order chi connectivity index (χ1) is 15.2. The van der Waals surface area contributed by atoms with Crippen LogP contribution in [0, 0.1) is 11.6 Å². The van der Waals surface area contributed by atoms with Gasteiger partial charge < -0.3 is 15.1 Å². The Hall–Kier alpha value is -2.82. The largest absolute Gasteiger partial charge is 0.332 e. The first-order valence-electron chi connectivity index (χ1n) is 10.0. The number of rotatable bonds is 3. The number of aryl methyl sites for hydroxylation is 1. The highest BCUT2D eigenvalue weighted by atomic mass is 35.5. The molecule has 1 atom stereocenters. The van der Waals surface area contributed by atoms with Crippen molar-refractivity contribution >= 4 is 29.2 Å². The average Bonchev–Trinajstić information content (AvgIpc) is 2.99. The first kappa shape index (κ1) is 22.4. The zero-order valence-electron chi connectivity index (χ0n) is 17.0. The Morgan fingerprint density at radius 2 is 2.03 bits per heavy atom. The summed E-state index contributed by atoms with van der Waals surface area (Å²) in [6, 6.07) is 0.536. The molecule has 2 aliphatic rings. The molecule has 0 spiro atoms. The molecule has 0 fully saturated rings. The van der Waals surface area contributed by atoms with E-state index in [1.54, 1.807) is 6.92 Å². The SMILES string of the molecule is CC1Cc2nn3c(c2CN1C(=O)Nc1cc(Cl)c(F)cc1F)C(=O)N(CC(F)F)CCC3. The van der Waals surface area contributed by atoms with Gasteiger partial charge >= 0.3 is 6.03 Å². The van der Waals surface area contributed by atoms with Crippen LogP contribution in [-0.2, 0) is 19.5 Å². The Bertz CT molecular complexity index is 1080. The zero-order chi connectivity index (χ0) is 23.2. The van der Waals surface area contributed by atoms with Crippen molar-refractivity contribution in [3.63, 3.8) is 0 Å². The molecule has 0 aliphatic carbocycles. The normalized spacial score (nSPS) is 18.5. The van der Waals surface area contributed by atoms with Gasteiger partial charge in [0.1, 0.15) is 17.3 Å². The minimum absolute atomic E-state index is 0.0114. The van der Waals surface area contributed by atoms with E-state index in [0.717, 1.165) is 11.0 Å². The molecular formula is C20H20ClF4N5O2. The van der Waals surface area contributed by atoms with E-state index in [-0.39, 0.29) is 35.5 Å². The monoisotopic (exact) mass is 473 g/mol. The number of fused-ring (bicyclic) bond motifs is 3. The number of hydrogen-bond acceptors (Lipinski definition) is 3. The third-order valence-corrected chi connectivity index (χ3v) is 5.93. The van der Waals surface area contributed by atoms with Gasteiger partial charge in [0.25, 0.3) is 12.3 Å². The maximum absolute atomic E-state index is 14.1. The molecule has 1 aromatic heterocycles. The molecule has 0 saturated carbocycles. The zero-order valence-corrected chi connectivity index (χ0v) is 17.8. The Kier molecular flexibility index (Phi) is 6.02. The number of hydrogen-bond donors (Lipinski definition) is 1. The number of urea groups is 1. The lowest BCUT2D eigenvalue weighted by molar-refractivity contribution is 0.0557. The van der Waals surface area contributed by atoms with E-state index in [2.05, 4.69) is 10.4 Å². The fourth-order valence-electron chi connectivity index (χ4n) is 4.08. The average molecular weight is 474 g/mol. The summed E-state index contributed by atoms with van der Waals surface area (Å²) in [4.78, 5) is 28.3. The summed E-state index contributed by atoms with van der Waals surface area (Å²) < 4.78 is 54.8. The Labute approximate surface area is 185 Å². The van der Waals surface area contributed by atoms with Crippen molar-refractivity contribution in [2.45, 2.75) is 45.3 Å². The van der Waals surface area contributed by atoms with Gasteiger partial charge in [0.05, 0.1) is 29.5 Å². The predicted molar refractivity (Wildman–Crippen MR) is 108 cm³/mol. The number of aromatic nitrogens is 2. The van der Waals surface area contributed by atoms with E-state index in [1.807, 2.05) is 0 Å². The highest BCUT2D eigenvalue weighted by Crippen LogP contribution is 2.30. The van der Waals surface area contributed by atoms with Crippen LogP contribution < -0.4 is 5.32 Å². The lowest BCUT2D eigenvalue weighted by atomic mass is 9.99. The van der Waals surface area contributed by atoms with Crippen molar-refractivity contribution in [1.82, 2.24) is 19.6 Å². The van der Waals surface area contributed by atoms with E-state index in [1.165, 1.54) is 9.58 Å². The second-order valence-corrected chi connectivity index (χ2v) is 8.26. The van der Waals surface area contributed by atoms with Crippen molar-refractivity contribution in [2.24, 2.45) is 0 Å². The molecule has 1 N–H and O–H groups in total. The molecular weight excluding hydrogens is 454 g/mol. The van der Waals surface area contributed by atoms with Crippen molar-refractivity contribution in [3.05, 3.63) is 45.7 Å². The Morgan fingerprint density at radius 3 is 2.75 bits per heavy atom. The standard InChI is InChI=1S/C20H20ClF4N5O2/c1-10-5-15-11(18-19(31)28(9-17(24)25)3-2-4-30(18)27-15)8-29(10)20(32)26-16-6-12(21)13(22)7-14(16)23/h6-7,10,17H,2-5,8-9H2,1H3,(H,26,32). The Balaban J connectivity index is 1.61. The van der Waals surface area contributed by atoms with Crippen molar-refractivity contribution in [1.29, 1.82) is 0 Å². The molecule has 3 heterocycles. The number of halogens is 5. The molecule has 172 valence electrons. The van der Waals surface area contributed by atoms with Gasteiger partial charge in [-0.3, -0.25) is 9.48 Å². The van der Waals surface area contributed by atoms with Gasteiger partial charge in [-0.1, -0.05) is 11.6 Å². The number of carbonyl (C=O) groups is 2. The number of nitrogens with one attached hydrogen (secondary N) is 1. The van der Waals surface area contributed by atoms with Gasteiger partial charge in [0, 0.05) is 37.2 Å². The Morgan fingerprint density at radius 1 is 1.28 bits per heavy atom. The van der Waals surface area contributed by atoms with Gasteiger partial charge in [0.15, 0.2) is 0 Å². The number of alkyl halides is 2. The van der Waals surface area contributed by atoms with Crippen LogP contribution in [0.3, 0.4) is 0 Å². The van der Waals surface area contributed by atoms with E-state index in [9.17, 15) is 27.2 Å². The molecule has 0 saturated heterocycles. The number of benzene rings is 1. The van der Waals surface area contributed by atoms with Crippen molar-refractivity contribution < 1.29 is 27.2 Å². The molecule has 1 aromatic carbocycles. The van der Waals surface area contributed by atoms with Crippen LogP contribution >= 0.6 is 11.6 Å². The third-order valence-electron chi connectivity index (χ3n) is 5.64. The number of nitrogens with zero attached hydrogens (tertiary/aromatic N) is 4. The third kappa shape index (κ3) is 4.13. The lowest BCUT2D eigenvalue weighted by Gasteiger charge is -2.33. The summed E-state index contributed by atoms with van der Waals surface area (Å²) in [5.74, 6) is -2.49. The summed E-state index contributed by atoms with van der Waals surface area (Å²) in [6.07, 6.45) is -1.85. The van der Waals surface area contributed by atoms with Crippen LogP contribution in [-0.4, -0.2) is 57.1 Å². The summed E-state index contributed by atoms with van der Waals surface area (Å²) >= 11 is 5.68. The molecule has 2 aromatic rings. The first-order valence-corrected chi connectivity index (χ1v) is 10.4. The van der Waals surface area contributed by atoms with E-state index < -0.39 is 36.5 Å². The van der Waals surface area contributed by atoms with Crippen LogP contribution in [0.15, 0.2) is 12.1 Å². The van der Waals surface area contributed by atoms with Crippen LogP contribution in [0.4, 0.5) is 28.0 Å². The fraction of sp³-hybridized carbons (Fsp3) is 0.450. The van der Waals surface area contributed by atoms with E-state index in [0.29, 0.717) is 36.7 Å². The minimum Gasteiger partial charge on any atom is -0.332 e. The second kappa shape index (κ2) is 8.61. The maximum Gasteiger partial charge on any atom is 0.322 e. The number of anilines is 1. The quantitative estimate of drug-likeness (QED) is 0.543. The molecule has 32 heavy (non-hydrogen) atoms. The smallest absolute Gasteiger partial charge is 0.322 e. The minimum atomic E-state index is -2.66. The molecule has 7 nitrogen and oxygen atoms in total. The fourth-order valence-corrected chi connectivity index (χ4v) is 4.24. The van der Waals surface area contributed by atoms with Crippen LogP contribution in [0.5, 0.6) is 0 Å². The van der Waals surface area contributed by atoms with Crippen molar-refractivity contribution in [3.8, 4) is 0 Å². The number of amides is 3. The van der Waals surface area contributed by atoms with Crippen LogP contribution in [0.2, 0.25) is 5.02 Å². The molecule has 12 heteroatoms. The van der Waals surface area contributed by atoms with Gasteiger partial charge in [-0.25, -0.2) is 22.4 Å². The summed E-state index contributed by atoms with van der Waals surface area (Å²) in [6.45, 7) is 1.67. The predicted octanol–water partition coefficient (Wildman–Crippen LogP) is 3.90. The topological polar surface area (TPSA) is 70.5 Å². The van der Waals surface area contributed by atoms with Gasteiger partial charge in [-0.15, -0.1) is 0 Å². The summed E-state index contributed by atoms with van der Waals surface area (Å²) in [7, 11) is 0. The molecule has 1 unspecified atom stereocenters.